The predicted octanol–water partition coefficient (Wildman–Crippen LogP) is 14.8. The summed E-state index contributed by atoms with van der Waals surface area (Å²) in [4.78, 5) is 10.1. The molecule has 1 aromatic heterocycles. The minimum Gasteiger partial charge on any atom is -0.228 e. The third-order valence-corrected chi connectivity index (χ3v) is 12.8. The van der Waals surface area contributed by atoms with Crippen LogP contribution in [0.1, 0.15) is 22.3 Å². The maximum atomic E-state index is 5.09. The SMILES string of the molecule is c1ccc(-c2ccc(-c3cc(-c4ccc(-c5ccc(-c6ccc7c(c6)-c6ccccc6C76c7ccccc7-c7ccccc76)cc5)cc4)nc(-c4ccccc4)n3)cc2)cc1. The van der Waals surface area contributed by atoms with Crippen molar-refractivity contribution in [2.45, 2.75) is 5.41 Å². The average Bonchev–Trinajstić information content (AvgIpc) is 3.82. The van der Waals surface area contributed by atoms with Crippen molar-refractivity contribution in [1.29, 1.82) is 0 Å². The summed E-state index contributed by atoms with van der Waals surface area (Å²) in [6.45, 7) is 0. The van der Waals surface area contributed by atoms with Gasteiger partial charge in [0, 0.05) is 16.7 Å². The molecule has 0 bridgehead atoms. The van der Waals surface area contributed by atoms with Crippen LogP contribution in [0.25, 0.3) is 89.5 Å². The lowest BCUT2D eigenvalue weighted by Crippen LogP contribution is -2.25. The molecule has 12 rings (SSSR count). The van der Waals surface area contributed by atoms with Gasteiger partial charge in [-0.05, 0) is 90.0 Å². The molecule has 0 radical (unpaired) electrons. The number of hydrogen-bond donors (Lipinski definition) is 0. The monoisotopic (exact) mass is 774 g/mol. The second kappa shape index (κ2) is 14.1. The quantitative estimate of drug-likeness (QED) is 0.168. The second-order valence-electron chi connectivity index (χ2n) is 16.1. The van der Waals surface area contributed by atoms with E-state index in [9.17, 15) is 0 Å². The Morgan fingerprint density at radius 2 is 0.557 bits per heavy atom. The van der Waals surface area contributed by atoms with Gasteiger partial charge in [0.05, 0.1) is 16.8 Å². The molecule has 0 saturated heterocycles. The third kappa shape index (κ3) is 5.64. The Labute approximate surface area is 356 Å². The first-order valence-corrected chi connectivity index (χ1v) is 21.0. The summed E-state index contributed by atoms with van der Waals surface area (Å²) in [5, 5.41) is 0. The Balaban J connectivity index is 0.863. The van der Waals surface area contributed by atoms with Crippen molar-refractivity contribution in [3.8, 4) is 89.5 Å². The molecule has 0 saturated carbocycles. The van der Waals surface area contributed by atoms with Crippen LogP contribution in [-0.4, -0.2) is 9.97 Å². The van der Waals surface area contributed by atoms with Crippen molar-refractivity contribution in [3.63, 3.8) is 0 Å². The summed E-state index contributed by atoms with van der Waals surface area (Å²) in [5.41, 5.74) is 22.4. The van der Waals surface area contributed by atoms with Crippen molar-refractivity contribution in [1.82, 2.24) is 9.97 Å². The van der Waals surface area contributed by atoms with E-state index in [-0.39, 0.29) is 5.41 Å². The van der Waals surface area contributed by atoms with Gasteiger partial charge < -0.3 is 0 Å². The highest BCUT2D eigenvalue weighted by Crippen LogP contribution is 2.63. The molecular formula is C59H38N2. The summed E-state index contributed by atoms with van der Waals surface area (Å²) >= 11 is 0. The summed E-state index contributed by atoms with van der Waals surface area (Å²) in [6.07, 6.45) is 0. The fraction of sp³-hybridized carbons (Fsp3) is 0.0169. The van der Waals surface area contributed by atoms with E-state index in [1.54, 1.807) is 0 Å². The van der Waals surface area contributed by atoms with Crippen molar-refractivity contribution < 1.29 is 0 Å². The largest absolute Gasteiger partial charge is 0.228 e. The maximum absolute atomic E-state index is 5.09. The molecule has 9 aromatic carbocycles. The van der Waals surface area contributed by atoms with E-state index in [0.717, 1.165) is 33.6 Å². The first-order chi connectivity index (χ1) is 30.2. The highest BCUT2D eigenvalue weighted by Gasteiger charge is 2.51. The molecule has 0 N–H and O–H groups in total. The molecule has 2 aliphatic carbocycles. The molecule has 2 aliphatic rings. The molecular weight excluding hydrogens is 737 g/mol. The van der Waals surface area contributed by atoms with Gasteiger partial charge in [0.15, 0.2) is 5.82 Å². The van der Waals surface area contributed by atoms with E-state index in [2.05, 4.69) is 206 Å². The molecule has 0 fully saturated rings. The minimum absolute atomic E-state index is 0.321. The van der Waals surface area contributed by atoms with E-state index >= 15 is 0 Å². The molecule has 0 atom stereocenters. The first kappa shape index (κ1) is 35.0. The Bertz CT molecular complexity index is 3210. The van der Waals surface area contributed by atoms with Gasteiger partial charge in [0.25, 0.3) is 0 Å². The van der Waals surface area contributed by atoms with Crippen LogP contribution >= 0.6 is 0 Å². The Hall–Kier alpha value is -7.94. The van der Waals surface area contributed by atoms with Crippen molar-refractivity contribution >= 4 is 0 Å². The molecule has 0 amide bonds. The summed E-state index contributed by atoms with van der Waals surface area (Å²) < 4.78 is 0. The van der Waals surface area contributed by atoms with Crippen LogP contribution in [-0.2, 0) is 5.41 Å². The number of hydrogen-bond acceptors (Lipinski definition) is 2. The molecule has 284 valence electrons. The maximum Gasteiger partial charge on any atom is 0.160 e. The molecule has 0 unspecified atom stereocenters. The highest BCUT2D eigenvalue weighted by atomic mass is 14.9. The Morgan fingerprint density at radius 1 is 0.230 bits per heavy atom. The van der Waals surface area contributed by atoms with Gasteiger partial charge in [-0.15, -0.1) is 0 Å². The minimum atomic E-state index is -0.321. The number of benzene rings is 9. The molecule has 61 heavy (non-hydrogen) atoms. The van der Waals surface area contributed by atoms with E-state index in [1.807, 2.05) is 24.3 Å². The molecule has 2 nitrogen and oxygen atoms in total. The second-order valence-corrected chi connectivity index (χ2v) is 16.1. The van der Waals surface area contributed by atoms with E-state index < -0.39 is 0 Å². The molecule has 1 spiro atoms. The van der Waals surface area contributed by atoms with Crippen LogP contribution in [0.5, 0.6) is 0 Å². The van der Waals surface area contributed by atoms with E-state index in [1.165, 1.54) is 72.3 Å². The third-order valence-electron chi connectivity index (χ3n) is 12.8. The lowest BCUT2D eigenvalue weighted by atomic mass is 9.70. The van der Waals surface area contributed by atoms with E-state index in [0.29, 0.717) is 5.82 Å². The standard InChI is InChI=1S/C59H38N2/c1-3-13-39(14-4-1)40-27-31-44(32-28-40)56-38-57(61-58(60-56)46-15-5-2-6-16-46)45-33-29-42(30-34-45)41-23-25-43(26-24-41)47-35-36-55-51(37-47)50-19-9-12-22-54(50)59(55)52-20-10-7-17-48(52)49-18-8-11-21-53(49)59/h1-38H. The predicted molar refractivity (Wildman–Crippen MR) is 251 cm³/mol. The van der Waals surface area contributed by atoms with Crippen LogP contribution in [0.2, 0.25) is 0 Å². The number of aromatic nitrogens is 2. The smallest absolute Gasteiger partial charge is 0.160 e. The topological polar surface area (TPSA) is 25.8 Å². The molecule has 2 heteroatoms. The molecule has 10 aromatic rings. The zero-order valence-corrected chi connectivity index (χ0v) is 33.3. The summed E-state index contributed by atoms with van der Waals surface area (Å²) in [7, 11) is 0. The average molecular weight is 775 g/mol. The van der Waals surface area contributed by atoms with Gasteiger partial charge >= 0.3 is 0 Å². The van der Waals surface area contributed by atoms with Crippen molar-refractivity contribution in [3.05, 3.63) is 253 Å². The van der Waals surface area contributed by atoms with Crippen LogP contribution in [0, 0.1) is 0 Å². The van der Waals surface area contributed by atoms with Gasteiger partial charge in [0.2, 0.25) is 0 Å². The Morgan fingerprint density at radius 3 is 1.03 bits per heavy atom. The highest BCUT2D eigenvalue weighted by molar-refractivity contribution is 5.96. The zero-order valence-electron chi connectivity index (χ0n) is 33.3. The summed E-state index contributed by atoms with van der Waals surface area (Å²) in [5.74, 6) is 0.711. The summed E-state index contributed by atoms with van der Waals surface area (Å²) in [6, 6.07) is 83.3. The van der Waals surface area contributed by atoms with E-state index in [4.69, 9.17) is 9.97 Å². The number of nitrogens with zero attached hydrogens (tertiary/aromatic N) is 2. The molecule has 1 heterocycles. The van der Waals surface area contributed by atoms with Crippen molar-refractivity contribution in [2.24, 2.45) is 0 Å². The first-order valence-electron chi connectivity index (χ1n) is 21.0. The van der Waals surface area contributed by atoms with Gasteiger partial charge in [0.1, 0.15) is 0 Å². The van der Waals surface area contributed by atoms with Gasteiger partial charge in [-0.1, -0.05) is 218 Å². The zero-order chi connectivity index (χ0) is 40.3. The van der Waals surface area contributed by atoms with Crippen molar-refractivity contribution in [2.75, 3.05) is 0 Å². The molecule has 0 aliphatic heterocycles. The van der Waals surface area contributed by atoms with Gasteiger partial charge in [-0.25, -0.2) is 9.97 Å². The van der Waals surface area contributed by atoms with Crippen LogP contribution < -0.4 is 0 Å². The lowest BCUT2D eigenvalue weighted by Gasteiger charge is -2.30. The van der Waals surface area contributed by atoms with Crippen LogP contribution in [0.4, 0.5) is 0 Å². The number of rotatable bonds is 6. The van der Waals surface area contributed by atoms with Gasteiger partial charge in [-0.3, -0.25) is 0 Å². The lowest BCUT2D eigenvalue weighted by molar-refractivity contribution is 0.794. The van der Waals surface area contributed by atoms with Crippen LogP contribution in [0.3, 0.4) is 0 Å². The fourth-order valence-corrected chi connectivity index (χ4v) is 9.89. The van der Waals surface area contributed by atoms with Crippen LogP contribution in [0.15, 0.2) is 231 Å². The Kier molecular flexibility index (Phi) is 8.11. The van der Waals surface area contributed by atoms with Gasteiger partial charge in [-0.2, -0.15) is 0 Å². The number of fused-ring (bicyclic) bond motifs is 10. The normalized spacial score (nSPS) is 12.7. The fourth-order valence-electron chi connectivity index (χ4n) is 9.89.